The highest BCUT2D eigenvalue weighted by Gasteiger charge is 2.15. The Morgan fingerprint density at radius 1 is 0.952 bits per heavy atom. The van der Waals surface area contributed by atoms with Crippen LogP contribution in [0.4, 0.5) is 0 Å². The lowest BCUT2D eigenvalue weighted by Crippen LogP contribution is -2.00. The Bertz CT molecular complexity index is 1940. The third kappa shape index (κ3) is 5.73. The van der Waals surface area contributed by atoms with Gasteiger partial charge in [-0.3, -0.25) is 9.59 Å². The second kappa shape index (κ2) is 11.5. The van der Waals surface area contributed by atoms with Crippen LogP contribution in [-0.2, 0) is 13.0 Å². The van der Waals surface area contributed by atoms with Gasteiger partial charge in [0.2, 0.25) is 5.78 Å². The van der Waals surface area contributed by atoms with E-state index in [9.17, 15) is 9.59 Å². The average Bonchev–Trinajstić information content (AvgIpc) is 3.63. The number of rotatable bonds is 9. The molecule has 42 heavy (non-hydrogen) atoms. The summed E-state index contributed by atoms with van der Waals surface area (Å²) in [7, 11) is 0. The largest absolute Gasteiger partial charge is 0.486 e. The third-order valence-corrected chi connectivity index (χ3v) is 7.29. The first-order chi connectivity index (χ1) is 20.4. The van der Waals surface area contributed by atoms with E-state index < -0.39 is 0 Å². The fourth-order valence-corrected chi connectivity index (χ4v) is 5.05. The molecule has 0 radical (unpaired) electrons. The van der Waals surface area contributed by atoms with Crippen LogP contribution in [0, 0.1) is 13.8 Å². The van der Waals surface area contributed by atoms with Gasteiger partial charge in [0.05, 0.1) is 17.4 Å². The van der Waals surface area contributed by atoms with Crippen molar-refractivity contribution in [2.75, 3.05) is 0 Å². The minimum Gasteiger partial charge on any atom is -0.486 e. The number of furan rings is 1. The number of ketones is 1. The van der Waals surface area contributed by atoms with Gasteiger partial charge in [0.1, 0.15) is 23.6 Å². The van der Waals surface area contributed by atoms with Crippen LogP contribution in [0.15, 0.2) is 95.5 Å². The van der Waals surface area contributed by atoms with Crippen LogP contribution in [0.3, 0.4) is 0 Å². The van der Waals surface area contributed by atoms with Crippen LogP contribution in [-0.4, -0.2) is 27.1 Å². The van der Waals surface area contributed by atoms with Crippen molar-refractivity contribution in [3.05, 3.63) is 141 Å². The smallest absolute Gasteiger partial charge is 0.228 e. The molecular weight excluding hydrogens is 550 g/mol. The molecule has 7 nitrogen and oxygen atoms in total. The summed E-state index contributed by atoms with van der Waals surface area (Å²) in [5, 5.41) is 9.85. The summed E-state index contributed by atoms with van der Waals surface area (Å²) >= 11 is 5.94. The zero-order chi connectivity index (χ0) is 29.2. The number of nitrogens with zero attached hydrogens (tertiary/aromatic N) is 3. The van der Waals surface area contributed by atoms with Crippen molar-refractivity contribution >= 4 is 34.6 Å². The molecule has 0 aliphatic rings. The minimum atomic E-state index is -0.205. The number of halogens is 1. The molecule has 8 heteroatoms. The Morgan fingerprint density at radius 2 is 1.74 bits per heavy atom. The zero-order valence-electron chi connectivity index (χ0n) is 23.0. The van der Waals surface area contributed by atoms with Gasteiger partial charge in [-0.15, -0.1) is 5.10 Å². The van der Waals surface area contributed by atoms with Crippen LogP contribution >= 0.6 is 11.6 Å². The van der Waals surface area contributed by atoms with Gasteiger partial charge < -0.3 is 9.15 Å². The van der Waals surface area contributed by atoms with Crippen LogP contribution < -0.4 is 4.74 Å². The predicted octanol–water partition coefficient (Wildman–Crippen LogP) is 7.50. The lowest BCUT2D eigenvalue weighted by atomic mass is 10.0. The number of hydrogen-bond donors (Lipinski definition) is 0. The van der Waals surface area contributed by atoms with Crippen LogP contribution in [0.2, 0.25) is 5.02 Å². The second-order valence-corrected chi connectivity index (χ2v) is 10.7. The van der Waals surface area contributed by atoms with Gasteiger partial charge in [-0.05, 0) is 97.6 Å². The molecule has 6 rings (SSSR count). The summed E-state index contributed by atoms with van der Waals surface area (Å²) in [5.41, 5.74) is 7.44. The van der Waals surface area contributed by atoms with Crippen molar-refractivity contribution in [3.63, 3.8) is 0 Å². The summed E-state index contributed by atoms with van der Waals surface area (Å²) in [4.78, 5) is 24.8. The normalized spacial score (nSPS) is 11.1. The van der Waals surface area contributed by atoms with Gasteiger partial charge in [-0.25, -0.2) is 4.68 Å². The van der Waals surface area contributed by atoms with Gasteiger partial charge in [0.25, 0.3) is 0 Å². The maximum Gasteiger partial charge on any atom is 0.228 e. The minimum absolute atomic E-state index is 0.180. The Kier molecular flexibility index (Phi) is 7.42. The van der Waals surface area contributed by atoms with Gasteiger partial charge >= 0.3 is 0 Å². The lowest BCUT2D eigenvalue weighted by Gasteiger charge is -2.09. The molecule has 6 aromatic rings. The summed E-state index contributed by atoms with van der Waals surface area (Å²) in [6, 6.07) is 26.0. The monoisotopic (exact) mass is 575 g/mol. The van der Waals surface area contributed by atoms with Gasteiger partial charge in [0, 0.05) is 16.0 Å². The fourth-order valence-electron chi connectivity index (χ4n) is 4.92. The molecule has 0 saturated carbocycles. The van der Waals surface area contributed by atoms with Crippen molar-refractivity contribution in [1.29, 1.82) is 0 Å². The number of ether oxygens (including phenoxy) is 1. The van der Waals surface area contributed by atoms with Gasteiger partial charge in [-0.1, -0.05) is 46.6 Å². The number of carbonyl (C=O) groups is 2. The SMILES string of the molecule is Cc1ccc(-n2cc(COc3ccc(Cc4ccc5oc(C(=O)c6ccc(Cl)cc6)cc5c4)cc3C=O)nn2)c(C)c1. The highest BCUT2D eigenvalue weighted by Crippen LogP contribution is 2.26. The fraction of sp³-hybridized carbons (Fsp3) is 0.118. The number of benzene rings is 4. The van der Waals surface area contributed by atoms with E-state index >= 15 is 0 Å². The maximum absolute atomic E-state index is 12.8. The van der Waals surface area contributed by atoms with E-state index in [4.69, 9.17) is 20.8 Å². The maximum atomic E-state index is 12.8. The molecule has 0 spiro atoms. The van der Waals surface area contributed by atoms with Crippen molar-refractivity contribution < 1.29 is 18.7 Å². The van der Waals surface area contributed by atoms with Crippen molar-refractivity contribution in [2.45, 2.75) is 26.9 Å². The standard InChI is InChI=1S/C34H26ClN3O4/c1-21-3-10-30(22(2)13-21)38-18-29(36-37-38)20-41-31-11-4-24(16-27(31)19-39)14-23-5-12-32-26(15-23)17-33(42-32)34(40)25-6-8-28(35)9-7-25/h3-13,15-19H,14,20H2,1-2H3. The molecule has 0 aliphatic carbocycles. The molecule has 208 valence electrons. The molecule has 0 unspecified atom stereocenters. The Balaban J connectivity index is 1.14. The number of aldehydes is 1. The van der Waals surface area contributed by atoms with E-state index in [2.05, 4.69) is 23.3 Å². The van der Waals surface area contributed by atoms with Crippen molar-refractivity contribution in [2.24, 2.45) is 0 Å². The first kappa shape index (κ1) is 27.2. The predicted molar refractivity (Wildman–Crippen MR) is 161 cm³/mol. The van der Waals surface area contributed by atoms with E-state index in [1.165, 1.54) is 5.56 Å². The molecular formula is C34H26ClN3O4. The molecule has 0 amide bonds. The number of aromatic nitrogens is 3. The summed E-state index contributed by atoms with van der Waals surface area (Å²) < 4.78 is 13.5. The van der Waals surface area contributed by atoms with Gasteiger partial charge in [-0.2, -0.15) is 0 Å². The van der Waals surface area contributed by atoms with Gasteiger partial charge in [0.15, 0.2) is 12.0 Å². The number of fused-ring (bicyclic) bond motifs is 1. The Hall–Kier alpha value is -5.01. The molecule has 0 fully saturated rings. The third-order valence-electron chi connectivity index (χ3n) is 7.04. The average molecular weight is 576 g/mol. The molecule has 0 atom stereocenters. The molecule has 0 saturated heterocycles. The Labute approximate surface area is 247 Å². The Morgan fingerprint density at radius 3 is 2.52 bits per heavy atom. The van der Waals surface area contributed by atoms with Crippen molar-refractivity contribution in [1.82, 2.24) is 15.0 Å². The molecule has 4 aromatic carbocycles. The topological polar surface area (TPSA) is 87.2 Å². The van der Waals surface area contributed by atoms with E-state index in [0.717, 1.165) is 34.1 Å². The van der Waals surface area contributed by atoms with Crippen LogP contribution in [0.25, 0.3) is 16.7 Å². The first-order valence-corrected chi connectivity index (χ1v) is 13.8. The molecule has 0 aliphatic heterocycles. The quantitative estimate of drug-likeness (QED) is 0.131. The second-order valence-electron chi connectivity index (χ2n) is 10.2. The molecule has 0 N–H and O–H groups in total. The lowest BCUT2D eigenvalue weighted by molar-refractivity contribution is 0.101. The highest BCUT2D eigenvalue weighted by molar-refractivity contribution is 6.30. The molecule has 2 heterocycles. The number of aryl methyl sites for hydroxylation is 2. The van der Waals surface area contributed by atoms with Crippen LogP contribution in [0.5, 0.6) is 5.75 Å². The zero-order valence-corrected chi connectivity index (χ0v) is 23.8. The van der Waals surface area contributed by atoms with Crippen molar-refractivity contribution in [3.8, 4) is 11.4 Å². The summed E-state index contributed by atoms with van der Waals surface area (Å²) in [6.45, 7) is 4.26. The van der Waals surface area contributed by atoms with E-state index in [0.29, 0.717) is 39.6 Å². The van der Waals surface area contributed by atoms with E-state index in [1.54, 1.807) is 41.1 Å². The van der Waals surface area contributed by atoms with E-state index in [1.807, 2.05) is 55.6 Å². The van der Waals surface area contributed by atoms with Crippen LogP contribution in [0.1, 0.15) is 54.4 Å². The summed E-state index contributed by atoms with van der Waals surface area (Å²) in [6.07, 6.45) is 3.21. The summed E-state index contributed by atoms with van der Waals surface area (Å²) in [5.74, 6) is 0.539. The first-order valence-electron chi connectivity index (χ1n) is 13.4. The highest BCUT2D eigenvalue weighted by atomic mass is 35.5. The molecule has 2 aromatic heterocycles. The molecule has 0 bridgehead atoms. The number of hydrogen-bond acceptors (Lipinski definition) is 6. The van der Waals surface area contributed by atoms with E-state index in [-0.39, 0.29) is 18.2 Å². The number of carbonyl (C=O) groups excluding carboxylic acids is 2.